The van der Waals surface area contributed by atoms with Gasteiger partial charge in [-0.2, -0.15) is 5.26 Å². The molecule has 0 aliphatic heterocycles. The number of aryl methyl sites for hydroxylation is 1. The topological polar surface area (TPSA) is 67.4 Å². The molecule has 0 N–H and O–H groups in total. The van der Waals surface area contributed by atoms with Gasteiger partial charge in [-0.05, 0) is 71.6 Å². The van der Waals surface area contributed by atoms with Gasteiger partial charge in [-0.3, -0.25) is 0 Å². The highest BCUT2D eigenvalue weighted by Gasteiger charge is 2.20. The van der Waals surface area contributed by atoms with Gasteiger partial charge in [-0.15, -0.1) is 0 Å². The zero-order valence-electron chi connectivity index (χ0n) is 28.4. The van der Waals surface area contributed by atoms with Crippen molar-refractivity contribution in [3.8, 4) is 68.2 Å². The van der Waals surface area contributed by atoms with E-state index in [9.17, 15) is 5.26 Å². The average Bonchev–Trinajstić information content (AvgIpc) is 3.55. The predicted octanol–water partition coefficient (Wildman–Crippen LogP) is 11.5. The molecule has 0 saturated heterocycles. The molecule has 0 unspecified atom stereocenters. The average molecular weight is 666 g/mol. The number of hydrogen-bond donors (Lipinski definition) is 0. The molecule has 0 spiro atoms. The van der Waals surface area contributed by atoms with Gasteiger partial charge in [0.05, 0.1) is 28.4 Å². The Morgan fingerprint density at radius 1 is 0.442 bits per heavy atom. The number of para-hydroxylation sites is 1. The molecule has 0 radical (unpaired) electrons. The fraction of sp³-hybridized carbons (Fsp3) is 0.0213. The maximum absolute atomic E-state index is 9.47. The number of rotatable bonds is 6. The van der Waals surface area contributed by atoms with E-state index in [4.69, 9.17) is 15.0 Å². The summed E-state index contributed by atoms with van der Waals surface area (Å²) in [5.41, 5.74) is 12.1. The standard InChI is InChI=1S/C47H31N5/c1-31-11-10-16-36(27-31)37-24-26-43-41(28-37)39-17-8-9-18-42(39)52(43)44-29-38(33-21-19-32(30-48)20-22-33)23-25-40(44)47-50-45(34-12-4-2-5-13-34)49-46(51-47)35-14-6-3-7-15-35/h2-29H,1H3. The van der Waals surface area contributed by atoms with E-state index in [1.54, 1.807) is 0 Å². The summed E-state index contributed by atoms with van der Waals surface area (Å²) in [5.74, 6) is 1.80. The predicted molar refractivity (Wildman–Crippen MR) is 211 cm³/mol. The Morgan fingerprint density at radius 3 is 1.69 bits per heavy atom. The number of nitrogens with zero attached hydrogens (tertiary/aromatic N) is 5. The number of aromatic nitrogens is 4. The molecular formula is C47H31N5. The second-order valence-corrected chi connectivity index (χ2v) is 12.9. The third-order valence-corrected chi connectivity index (χ3v) is 9.55. The molecule has 0 aliphatic carbocycles. The number of fused-ring (bicyclic) bond motifs is 3. The van der Waals surface area contributed by atoms with Gasteiger partial charge in [-0.25, -0.2) is 15.0 Å². The van der Waals surface area contributed by atoms with Crippen LogP contribution in [0.1, 0.15) is 11.1 Å². The minimum Gasteiger partial charge on any atom is -0.308 e. The van der Waals surface area contributed by atoms with Crippen LogP contribution in [0.2, 0.25) is 0 Å². The van der Waals surface area contributed by atoms with Crippen molar-refractivity contribution < 1.29 is 0 Å². The summed E-state index contributed by atoms with van der Waals surface area (Å²) >= 11 is 0. The first kappa shape index (κ1) is 30.9. The molecule has 0 bridgehead atoms. The third-order valence-electron chi connectivity index (χ3n) is 9.55. The summed E-state index contributed by atoms with van der Waals surface area (Å²) in [7, 11) is 0. The van der Waals surface area contributed by atoms with Crippen LogP contribution >= 0.6 is 0 Å². The lowest BCUT2D eigenvalue weighted by atomic mass is 10.00. The van der Waals surface area contributed by atoms with E-state index >= 15 is 0 Å². The van der Waals surface area contributed by atoms with Gasteiger partial charge in [0, 0.05) is 27.5 Å². The Morgan fingerprint density at radius 2 is 1.00 bits per heavy atom. The van der Waals surface area contributed by atoms with Crippen LogP contribution in [-0.2, 0) is 0 Å². The van der Waals surface area contributed by atoms with Crippen molar-refractivity contribution in [3.05, 3.63) is 181 Å². The first-order chi connectivity index (χ1) is 25.6. The van der Waals surface area contributed by atoms with Crippen LogP contribution in [0.3, 0.4) is 0 Å². The Bertz CT molecular complexity index is 2740. The lowest BCUT2D eigenvalue weighted by molar-refractivity contribution is 1.06. The van der Waals surface area contributed by atoms with Gasteiger partial charge in [0.2, 0.25) is 0 Å². The molecule has 0 saturated carbocycles. The van der Waals surface area contributed by atoms with Crippen LogP contribution in [0.25, 0.3) is 83.9 Å². The van der Waals surface area contributed by atoms with Crippen LogP contribution < -0.4 is 0 Å². The van der Waals surface area contributed by atoms with Gasteiger partial charge >= 0.3 is 0 Å². The molecule has 0 atom stereocenters. The molecule has 52 heavy (non-hydrogen) atoms. The first-order valence-corrected chi connectivity index (χ1v) is 17.3. The van der Waals surface area contributed by atoms with Gasteiger partial charge in [0.15, 0.2) is 17.5 Å². The monoisotopic (exact) mass is 665 g/mol. The second-order valence-electron chi connectivity index (χ2n) is 12.9. The smallest absolute Gasteiger partial charge is 0.166 e. The maximum atomic E-state index is 9.47. The van der Waals surface area contributed by atoms with E-state index in [1.165, 1.54) is 16.7 Å². The Balaban J connectivity index is 1.33. The number of nitriles is 1. The highest BCUT2D eigenvalue weighted by Crippen LogP contribution is 2.39. The molecule has 0 aliphatic rings. The fourth-order valence-corrected chi connectivity index (χ4v) is 6.99. The van der Waals surface area contributed by atoms with Crippen molar-refractivity contribution in [2.75, 3.05) is 0 Å². The molecule has 0 amide bonds. The normalized spacial score (nSPS) is 11.2. The minimum atomic E-state index is 0.580. The lowest BCUT2D eigenvalue weighted by Gasteiger charge is -2.16. The van der Waals surface area contributed by atoms with E-state index in [0.29, 0.717) is 23.0 Å². The van der Waals surface area contributed by atoms with Crippen LogP contribution in [0.4, 0.5) is 0 Å². The molecule has 7 aromatic carbocycles. The molecule has 2 aromatic heterocycles. The van der Waals surface area contributed by atoms with E-state index < -0.39 is 0 Å². The Labute approximate surface area is 301 Å². The molecule has 9 aromatic rings. The zero-order valence-corrected chi connectivity index (χ0v) is 28.4. The summed E-state index contributed by atoms with van der Waals surface area (Å²) in [5, 5.41) is 11.8. The first-order valence-electron chi connectivity index (χ1n) is 17.3. The summed E-state index contributed by atoms with van der Waals surface area (Å²) in [4.78, 5) is 15.3. The van der Waals surface area contributed by atoms with E-state index in [2.05, 4.69) is 102 Å². The SMILES string of the molecule is Cc1cccc(-c2ccc3c(c2)c2ccccc2n3-c2cc(-c3ccc(C#N)cc3)ccc2-c2nc(-c3ccccc3)nc(-c3ccccc3)n2)c1. The molecular weight excluding hydrogens is 635 g/mol. The van der Waals surface area contributed by atoms with Crippen molar-refractivity contribution in [2.45, 2.75) is 6.92 Å². The highest BCUT2D eigenvalue weighted by atomic mass is 15.1. The molecule has 244 valence electrons. The van der Waals surface area contributed by atoms with E-state index in [1.807, 2.05) is 84.9 Å². The largest absolute Gasteiger partial charge is 0.308 e. The van der Waals surface area contributed by atoms with Crippen molar-refractivity contribution >= 4 is 21.8 Å². The van der Waals surface area contributed by atoms with Crippen molar-refractivity contribution in [1.29, 1.82) is 5.26 Å². The van der Waals surface area contributed by atoms with Crippen LogP contribution in [0.5, 0.6) is 0 Å². The quantitative estimate of drug-likeness (QED) is 0.177. The summed E-state index contributed by atoms with van der Waals surface area (Å²) < 4.78 is 2.33. The second kappa shape index (κ2) is 12.9. The van der Waals surface area contributed by atoms with Gasteiger partial charge in [0.1, 0.15) is 0 Å². The van der Waals surface area contributed by atoms with Gasteiger partial charge in [-0.1, -0.05) is 133 Å². The zero-order chi connectivity index (χ0) is 35.0. The maximum Gasteiger partial charge on any atom is 0.166 e. The Kier molecular flexibility index (Phi) is 7.68. The van der Waals surface area contributed by atoms with Crippen molar-refractivity contribution in [1.82, 2.24) is 19.5 Å². The van der Waals surface area contributed by atoms with Crippen molar-refractivity contribution in [2.24, 2.45) is 0 Å². The van der Waals surface area contributed by atoms with Crippen molar-refractivity contribution in [3.63, 3.8) is 0 Å². The summed E-state index contributed by atoms with van der Waals surface area (Å²) in [6, 6.07) is 60.5. The summed E-state index contributed by atoms with van der Waals surface area (Å²) in [6.45, 7) is 2.13. The molecule has 2 heterocycles. The van der Waals surface area contributed by atoms with E-state index in [-0.39, 0.29) is 0 Å². The fourth-order valence-electron chi connectivity index (χ4n) is 6.99. The highest BCUT2D eigenvalue weighted by molar-refractivity contribution is 6.11. The Hall–Kier alpha value is -7.16. The molecule has 9 rings (SSSR count). The molecule has 0 fully saturated rings. The van der Waals surface area contributed by atoms with E-state index in [0.717, 1.165) is 55.3 Å². The molecule has 5 heteroatoms. The van der Waals surface area contributed by atoms with Crippen LogP contribution in [0, 0.1) is 18.3 Å². The van der Waals surface area contributed by atoms with Crippen LogP contribution in [-0.4, -0.2) is 19.5 Å². The van der Waals surface area contributed by atoms with Gasteiger partial charge < -0.3 is 4.57 Å². The van der Waals surface area contributed by atoms with Gasteiger partial charge in [0.25, 0.3) is 0 Å². The minimum absolute atomic E-state index is 0.580. The number of benzene rings is 7. The molecule has 5 nitrogen and oxygen atoms in total. The summed E-state index contributed by atoms with van der Waals surface area (Å²) in [6.07, 6.45) is 0. The van der Waals surface area contributed by atoms with Crippen LogP contribution in [0.15, 0.2) is 170 Å². The lowest BCUT2D eigenvalue weighted by Crippen LogP contribution is -2.04. The number of hydrogen-bond acceptors (Lipinski definition) is 4. The third kappa shape index (κ3) is 5.59.